The number of benzene rings is 4. The summed E-state index contributed by atoms with van der Waals surface area (Å²) in [4.78, 5) is 63.9. The molecule has 105 heavy (non-hydrogen) atoms. The van der Waals surface area contributed by atoms with E-state index in [0.29, 0.717) is 11.6 Å². The predicted octanol–water partition coefficient (Wildman–Crippen LogP) is 14.3. The van der Waals surface area contributed by atoms with Gasteiger partial charge in [-0.05, 0) is 191 Å². The Bertz CT molecular complexity index is 6130. The molecule has 28 heteroatoms. The summed E-state index contributed by atoms with van der Waals surface area (Å²) < 4.78 is 32.6. The van der Waals surface area contributed by atoms with Crippen LogP contribution in [0.25, 0.3) is 123 Å². The van der Waals surface area contributed by atoms with Gasteiger partial charge in [-0.3, -0.25) is 32.7 Å². The van der Waals surface area contributed by atoms with Crippen LogP contribution in [0.3, 0.4) is 0 Å². The first-order valence-corrected chi connectivity index (χ1v) is 33.6. The molecule has 0 saturated carbocycles. The number of hydrogen-bond donors (Lipinski definition) is 3. The number of rotatable bonds is 7. The van der Waals surface area contributed by atoms with Gasteiger partial charge < -0.3 is 24.1 Å². The summed E-state index contributed by atoms with van der Waals surface area (Å²) in [7, 11) is 1.75. The number of aromatic nitrogens is 16. The van der Waals surface area contributed by atoms with E-state index in [0.717, 1.165) is 135 Å². The molecule has 0 aliphatic carbocycles. The van der Waals surface area contributed by atoms with Crippen LogP contribution in [0.4, 0.5) is 4.39 Å². The van der Waals surface area contributed by atoms with Crippen LogP contribution in [-0.2, 0) is 9.68 Å². The van der Waals surface area contributed by atoms with Gasteiger partial charge in [-0.25, -0.2) is 50.1 Å². The molecule has 15 aromatic heterocycles. The van der Waals surface area contributed by atoms with Gasteiger partial charge in [0.05, 0.1) is 50.0 Å². The number of aromatic amines is 1. The minimum Gasteiger partial charge on any atom is -0.508 e. The first kappa shape index (κ1) is 79.8. The molecule has 512 valence electrons. The van der Waals surface area contributed by atoms with Gasteiger partial charge >= 0.3 is 144 Å². The number of hydrogen-bond acceptors (Lipinski definition) is 16. The number of halogens is 5. The largest absolute Gasteiger partial charge is 1.00 e. The second-order valence-corrected chi connectivity index (χ2v) is 24.5. The molecular formula is C77H58Br4Cs2FN16O5+. The number of aromatic hydroxyl groups is 1. The maximum atomic E-state index is 9.79. The number of pyridine rings is 7. The van der Waals surface area contributed by atoms with Crippen molar-refractivity contribution in [2.75, 3.05) is 0 Å². The fourth-order valence-electron chi connectivity index (χ4n) is 11.5. The molecule has 0 aliphatic heterocycles. The molecule has 0 bridgehead atoms. The van der Waals surface area contributed by atoms with Gasteiger partial charge in [0.2, 0.25) is 5.88 Å². The number of ether oxygens (including phenoxy) is 1. The summed E-state index contributed by atoms with van der Waals surface area (Å²) in [6.45, 7) is 0.0208. The van der Waals surface area contributed by atoms with Crippen LogP contribution in [0.5, 0.6) is 17.4 Å². The number of carbonyl (C=O) groups is 1. The molecule has 0 aliphatic rings. The number of nitrogens with zero attached hydrogens (tertiary/aromatic N) is 15. The Labute approximate surface area is 752 Å². The molecule has 0 atom stereocenters. The first-order chi connectivity index (χ1) is 50.1. The summed E-state index contributed by atoms with van der Waals surface area (Å²) in [5, 5.41) is 19.4. The van der Waals surface area contributed by atoms with Crippen molar-refractivity contribution in [2.24, 2.45) is 0 Å². The second-order valence-electron chi connectivity index (χ2n) is 21.4. The smallest absolute Gasteiger partial charge is 0.508 e. The fraction of sp³-hybridized carbons (Fsp3) is 0.0260. The number of phenols is 1. The quantitative estimate of drug-likeness (QED) is 0.0335. The van der Waals surface area contributed by atoms with E-state index >= 15 is 0 Å². The number of H-pyrrole nitrogens is 1. The van der Waals surface area contributed by atoms with Gasteiger partial charge in [-0.2, -0.15) is 7.18 Å². The number of carbonyl (C=O) groups excluding carboxylic acids is 1. The van der Waals surface area contributed by atoms with Crippen LogP contribution < -0.4 is 143 Å². The fourth-order valence-corrected chi connectivity index (χ4v) is 12.6. The van der Waals surface area contributed by atoms with Crippen molar-refractivity contribution >= 4 is 169 Å². The van der Waals surface area contributed by atoms with Gasteiger partial charge in [-0.1, -0.05) is 69.5 Å². The molecule has 0 fully saturated rings. The molecule has 0 spiro atoms. The van der Waals surface area contributed by atoms with Crippen LogP contribution in [0.2, 0.25) is 0 Å². The molecule has 0 radical (unpaired) electrons. The van der Waals surface area contributed by atoms with Crippen molar-refractivity contribution in [3.05, 3.63) is 294 Å². The maximum Gasteiger partial charge on any atom is 1.00 e. The van der Waals surface area contributed by atoms with Crippen LogP contribution in [0.15, 0.2) is 287 Å². The summed E-state index contributed by atoms with van der Waals surface area (Å²) in [6, 6.07) is 65.6. The predicted molar refractivity (Wildman–Crippen MR) is 417 cm³/mol. The van der Waals surface area contributed by atoms with Crippen LogP contribution in [0, 0.1) is 7.18 Å². The zero-order chi connectivity index (χ0) is 70.5. The van der Waals surface area contributed by atoms with E-state index in [1.165, 1.54) is 5.39 Å². The van der Waals surface area contributed by atoms with Crippen LogP contribution >= 0.6 is 63.7 Å². The van der Waals surface area contributed by atoms with Crippen molar-refractivity contribution in [1.29, 1.82) is 1.43 Å². The molecule has 4 aromatic carbocycles. The first-order valence-electron chi connectivity index (χ1n) is 30.8. The Balaban J connectivity index is 0.000000161. The SMILES string of the molecule is Brc1ccc2c(n1)c1cccn1c1nccnc21.Brc1cccc(-c2ccc[nH]2)n1.Brc1nccnc1Br.C.C.Oc1ccc2c3ccccc3n(-c3ccccn3)c2c1.[2H]OOC=O.[CH2-]F.[Cs+].[Cs+].c1ccc(-n2c3ccccc3c3ccc(Oc4ccc5c(n4)c4cccn4c4nccnc54)cc32)nc1. The van der Waals surface area contributed by atoms with E-state index in [-0.39, 0.29) is 165 Å². The van der Waals surface area contributed by atoms with Crippen molar-refractivity contribution in [3.8, 4) is 40.4 Å². The summed E-state index contributed by atoms with van der Waals surface area (Å²) in [5.74, 6) is 3.19. The molecule has 0 saturated heterocycles. The third kappa shape index (κ3) is 18.1. The van der Waals surface area contributed by atoms with E-state index in [2.05, 4.69) is 180 Å². The minimum absolute atomic E-state index is 0. The zero-order valence-corrected chi connectivity index (χ0v) is 73.3. The average molecular weight is 1890 g/mol. The van der Waals surface area contributed by atoms with Gasteiger partial charge in [0.15, 0.2) is 11.3 Å². The molecule has 19 rings (SSSR count). The van der Waals surface area contributed by atoms with Crippen molar-refractivity contribution in [3.63, 3.8) is 0 Å². The summed E-state index contributed by atoms with van der Waals surface area (Å²) in [5.41, 5.74) is 13.3. The second kappa shape index (κ2) is 38.7. The van der Waals surface area contributed by atoms with Crippen molar-refractivity contribution < 1.29 is 167 Å². The van der Waals surface area contributed by atoms with Crippen molar-refractivity contribution in [2.45, 2.75) is 14.9 Å². The number of para-hydroxylation sites is 2. The Kier molecular flexibility index (Phi) is 29.4. The molecular weight excluding hydrogens is 1830 g/mol. The van der Waals surface area contributed by atoms with Crippen molar-refractivity contribution in [1.82, 2.24) is 77.7 Å². The average Bonchev–Trinajstić information content (AvgIpc) is 1.43. The molecule has 19 aromatic rings. The van der Waals surface area contributed by atoms with Gasteiger partial charge in [-0.15, -0.1) is 0 Å². The normalized spacial score (nSPS) is 10.5. The molecule has 0 unspecified atom stereocenters. The Morgan fingerprint density at radius 2 is 0.943 bits per heavy atom. The third-order valence-electron chi connectivity index (χ3n) is 15.6. The van der Waals surface area contributed by atoms with Gasteiger partial charge in [0.1, 0.15) is 58.1 Å². The zero-order valence-electron chi connectivity index (χ0n) is 55.4. The number of fused-ring (bicyclic) bond motifs is 18. The van der Waals surface area contributed by atoms with E-state index in [1.54, 1.807) is 62.7 Å². The number of nitrogens with one attached hydrogen (secondary N) is 1. The van der Waals surface area contributed by atoms with Crippen LogP contribution in [-0.4, -0.2) is 94.6 Å². The van der Waals surface area contributed by atoms with Gasteiger partial charge in [0, 0.05) is 119 Å². The topological polar surface area (TPSA) is 252 Å². The molecule has 3 N–H and O–H groups in total. The number of phenolic OH excluding ortho intramolecular Hbond substituents is 1. The van der Waals surface area contributed by atoms with E-state index in [9.17, 15) is 9.50 Å². The maximum absolute atomic E-state index is 9.79. The van der Waals surface area contributed by atoms with Crippen LogP contribution in [0.1, 0.15) is 14.9 Å². The molecule has 21 nitrogen and oxygen atoms in total. The molecule has 15 heterocycles. The van der Waals surface area contributed by atoms with E-state index < -0.39 is 0 Å². The van der Waals surface area contributed by atoms with Gasteiger partial charge in [0.25, 0.3) is 1.43 Å². The Morgan fingerprint density at radius 3 is 1.47 bits per heavy atom. The minimum atomic E-state index is 0. The Hall–Kier alpha value is -7.71. The molecule has 0 amide bonds. The standard InChI is InChI=1S/C30H18N6O.C17H12N2O.C13H7BrN4.C9H7BrN2.C4H2Br2N2.CH2F.CH2O3.2CH4.2Cs/c1-2-7-23-20(6-1)21-11-10-19(18-25(21)36(23)26-9-3-4-14-31-26)37-27-13-12-22-28(34-27)24-8-5-17-35(24)30-29(22)32-15-16-33-30;20-12-8-9-14-13-5-1-2-6-15(13)19(16(14)11-12)17-7-3-4-10-18-17;14-10-4-3-8-11(17-10)9-2-1-7-18(9)13-12(8)15-5-6-16-13;10-9-5-1-3-8(12-9)7-4-2-6-11-7;5-3-4(6)8-2-1-7-3;1-2;2-1-4-3;;;;/h1-18H;1-11,20H;1-7H;1-6,11H;1-2H;1H2;1,3H;2*1H4;;/q;;;;;-1;;;;2*+1/i/hD. The third-order valence-corrected chi connectivity index (χ3v) is 18.1. The summed E-state index contributed by atoms with van der Waals surface area (Å²) in [6.07, 6.45) is 19.5. The van der Waals surface area contributed by atoms with E-state index in [4.69, 9.17) is 15.9 Å². The monoisotopic (exact) mass is 1890 g/mol. The Morgan fingerprint density at radius 1 is 0.448 bits per heavy atom. The van der Waals surface area contributed by atoms with E-state index in [1.807, 2.05) is 179 Å². The summed E-state index contributed by atoms with van der Waals surface area (Å²) >= 11 is 13.1.